The summed E-state index contributed by atoms with van der Waals surface area (Å²) in [5.41, 5.74) is 6.24. The van der Waals surface area contributed by atoms with Crippen LogP contribution in [0, 0.1) is 0 Å². The van der Waals surface area contributed by atoms with Gasteiger partial charge in [0.2, 0.25) is 5.88 Å². The van der Waals surface area contributed by atoms with E-state index in [9.17, 15) is 9.90 Å². The van der Waals surface area contributed by atoms with Crippen molar-refractivity contribution in [3.8, 4) is 5.88 Å². The summed E-state index contributed by atoms with van der Waals surface area (Å²) in [5.74, 6) is 0.598. The topological polar surface area (TPSA) is 105 Å². The molecule has 1 N–H and O–H groups in total. The highest BCUT2D eigenvalue weighted by molar-refractivity contribution is 5.92. The zero-order valence-electron chi connectivity index (χ0n) is 24.1. The maximum absolute atomic E-state index is 11.6. The predicted octanol–water partition coefficient (Wildman–Crippen LogP) is 4.31. The van der Waals surface area contributed by atoms with Crippen LogP contribution in [0.3, 0.4) is 0 Å². The third kappa shape index (κ3) is 5.89. The summed E-state index contributed by atoms with van der Waals surface area (Å²) in [6, 6.07) is 11.1. The molecule has 10 nitrogen and oxygen atoms in total. The molecular formula is C33H34N6O4. The van der Waals surface area contributed by atoms with E-state index in [1.165, 1.54) is 5.57 Å². The molecule has 0 saturated carbocycles. The van der Waals surface area contributed by atoms with E-state index >= 15 is 0 Å². The molecule has 0 spiro atoms. The van der Waals surface area contributed by atoms with Gasteiger partial charge in [0.15, 0.2) is 0 Å². The fourth-order valence-corrected chi connectivity index (χ4v) is 5.77. The lowest BCUT2D eigenvalue weighted by molar-refractivity contribution is -0.0591. The molecule has 5 heterocycles. The number of aliphatic imine (C=N–C) groups is 1. The fraction of sp³-hybridized carbons (Fsp3) is 0.333. The number of benzene rings is 1. The first-order valence-electron chi connectivity index (χ1n) is 14.7. The molecule has 1 fully saturated rings. The first-order chi connectivity index (χ1) is 21.0. The molecule has 10 heteroatoms. The van der Waals surface area contributed by atoms with Crippen LogP contribution in [0.4, 0.5) is 0 Å². The Bertz CT molecular complexity index is 1710. The average molecular weight is 579 g/mol. The minimum Gasteiger partial charge on any atom is -0.478 e. The molecule has 3 aliphatic heterocycles. The van der Waals surface area contributed by atoms with Crippen molar-refractivity contribution in [1.82, 2.24) is 24.3 Å². The summed E-state index contributed by atoms with van der Waals surface area (Å²) < 4.78 is 14.0. The smallest absolute Gasteiger partial charge is 0.335 e. The summed E-state index contributed by atoms with van der Waals surface area (Å²) in [6.07, 6.45) is 14.5. The van der Waals surface area contributed by atoms with Crippen molar-refractivity contribution in [2.75, 3.05) is 33.4 Å². The Morgan fingerprint density at radius 3 is 2.91 bits per heavy atom. The number of nitrogens with zero attached hydrogens (tertiary/aromatic N) is 6. The number of fused-ring (bicyclic) bond motifs is 2. The van der Waals surface area contributed by atoms with Crippen LogP contribution in [0.25, 0.3) is 16.6 Å². The number of allylic oxidation sites excluding steroid dienone is 1. The zero-order valence-corrected chi connectivity index (χ0v) is 24.1. The number of hydrogen-bond donors (Lipinski definition) is 1. The molecule has 2 bridgehead atoms. The normalized spacial score (nSPS) is 21.6. The fourth-order valence-electron chi connectivity index (χ4n) is 5.77. The quantitative estimate of drug-likeness (QED) is 0.401. The van der Waals surface area contributed by atoms with Gasteiger partial charge in [0, 0.05) is 38.5 Å². The third-order valence-corrected chi connectivity index (χ3v) is 8.35. The lowest BCUT2D eigenvalue weighted by atomic mass is 10.0. The molecule has 7 rings (SSSR count). The molecule has 220 valence electrons. The van der Waals surface area contributed by atoms with E-state index in [1.54, 1.807) is 18.2 Å². The van der Waals surface area contributed by atoms with Crippen LogP contribution in [0.15, 0.2) is 83.0 Å². The number of carboxylic acids is 1. The van der Waals surface area contributed by atoms with E-state index in [4.69, 9.17) is 19.4 Å². The Hall–Kier alpha value is -4.54. The van der Waals surface area contributed by atoms with Crippen LogP contribution in [0.1, 0.15) is 34.7 Å². The number of pyridine rings is 1. The van der Waals surface area contributed by atoms with Gasteiger partial charge in [0.1, 0.15) is 12.4 Å². The number of aromatic nitrogens is 3. The van der Waals surface area contributed by atoms with Crippen molar-refractivity contribution in [2.24, 2.45) is 4.99 Å². The Labute approximate surface area is 250 Å². The van der Waals surface area contributed by atoms with Crippen LogP contribution in [0.2, 0.25) is 0 Å². The largest absolute Gasteiger partial charge is 0.478 e. The van der Waals surface area contributed by atoms with Crippen LogP contribution >= 0.6 is 0 Å². The molecule has 1 aromatic carbocycles. The second-order valence-electron chi connectivity index (χ2n) is 11.3. The summed E-state index contributed by atoms with van der Waals surface area (Å²) >= 11 is 0. The number of rotatable bonds is 9. The van der Waals surface area contributed by atoms with Gasteiger partial charge in [-0.05, 0) is 60.4 Å². The monoisotopic (exact) mass is 578 g/mol. The van der Waals surface area contributed by atoms with Gasteiger partial charge in [-0.25, -0.2) is 14.8 Å². The molecule has 1 saturated heterocycles. The molecule has 2 unspecified atom stereocenters. The number of carbonyl (C=O) groups is 1. The van der Waals surface area contributed by atoms with Crippen LogP contribution in [-0.2, 0) is 17.8 Å². The van der Waals surface area contributed by atoms with Crippen molar-refractivity contribution in [2.45, 2.75) is 38.1 Å². The maximum atomic E-state index is 11.6. The number of likely N-dealkylation sites (N-methyl/N-ethyl adjacent to an activating group) is 1. The zero-order chi connectivity index (χ0) is 29.3. The van der Waals surface area contributed by atoms with Gasteiger partial charge in [0.25, 0.3) is 0 Å². The van der Waals surface area contributed by atoms with Gasteiger partial charge < -0.3 is 24.0 Å². The van der Waals surface area contributed by atoms with Crippen LogP contribution < -0.4 is 4.74 Å². The highest BCUT2D eigenvalue weighted by Gasteiger charge is 2.24. The van der Waals surface area contributed by atoms with Gasteiger partial charge in [-0.2, -0.15) is 0 Å². The number of aromatic carboxylic acids is 1. The standard InChI is InChI=1S/C33H34N6O4/c1-37-21-34-25-7-5-22(15-26(37)17-25)20-43-32-4-2-3-28(36-32)23-9-12-38(13-10-23)19-31-35-29-8-6-24(33(40)41)16-30(29)39(31)18-27-11-14-42-27/h2-9,15-17,21,25,27H,10-14,18-20H2,1H3,(H,40,41). The highest BCUT2D eigenvalue weighted by Crippen LogP contribution is 2.27. The van der Waals surface area contributed by atoms with Crippen molar-refractivity contribution in [3.63, 3.8) is 0 Å². The van der Waals surface area contributed by atoms with E-state index in [1.807, 2.05) is 36.5 Å². The van der Waals surface area contributed by atoms with Crippen molar-refractivity contribution in [1.29, 1.82) is 0 Å². The number of hydrogen-bond acceptors (Lipinski definition) is 8. The molecule has 0 radical (unpaired) electrons. The molecule has 0 amide bonds. The Balaban J connectivity index is 1.02. The van der Waals surface area contributed by atoms with E-state index < -0.39 is 5.97 Å². The maximum Gasteiger partial charge on any atom is 0.335 e. The van der Waals surface area contributed by atoms with Crippen LogP contribution in [-0.4, -0.2) is 87.2 Å². The predicted molar refractivity (Wildman–Crippen MR) is 164 cm³/mol. The Morgan fingerprint density at radius 2 is 2.12 bits per heavy atom. The van der Waals surface area contributed by atoms with Gasteiger partial charge in [-0.1, -0.05) is 24.3 Å². The number of ether oxygens (including phenoxy) is 2. The molecule has 2 aromatic heterocycles. The van der Waals surface area contributed by atoms with E-state index in [0.717, 1.165) is 66.4 Å². The molecule has 43 heavy (non-hydrogen) atoms. The third-order valence-electron chi connectivity index (χ3n) is 8.35. The average Bonchev–Trinajstić information content (AvgIpc) is 3.22. The number of imidazole rings is 1. The van der Waals surface area contributed by atoms with Crippen LogP contribution in [0.5, 0.6) is 5.88 Å². The summed E-state index contributed by atoms with van der Waals surface area (Å²) in [6.45, 7) is 4.19. The minimum atomic E-state index is -0.936. The van der Waals surface area contributed by atoms with E-state index in [0.29, 0.717) is 25.6 Å². The first kappa shape index (κ1) is 27.3. The second-order valence-corrected chi connectivity index (χ2v) is 11.3. The Kier molecular flexibility index (Phi) is 7.38. The second kappa shape index (κ2) is 11.6. The van der Waals surface area contributed by atoms with Crippen molar-refractivity contribution in [3.05, 3.63) is 95.1 Å². The Morgan fingerprint density at radius 1 is 1.21 bits per heavy atom. The summed E-state index contributed by atoms with van der Waals surface area (Å²) in [4.78, 5) is 30.2. The van der Waals surface area contributed by atoms with Gasteiger partial charge >= 0.3 is 5.97 Å². The highest BCUT2D eigenvalue weighted by atomic mass is 16.5. The molecule has 3 aromatic rings. The van der Waals surface area contributed by atoms with Gasteiger partial charge in [0.05, 0.1) is 53.9 Å². The lowest BCUT2D eigenvalue weighted by Gasteiger charge is -2.29. The van der Waals surface area contributed by atoms with Gasteiger partial charge in [-0.3, -0.25) is 9.89 Å². The molecule has 4 aliphatic rings. The molecular weight excluding hydrogens is 544 g/mol. The van der Waals surface area contributed by atoms with Crippen molar-refractivity contribution >= 4 is 28.9 Å². The first-order valence-corrected chi connectivity index (χ1v) is 14.7. The molecule has 1 aliphatic carbocycles. The lowest BCUT2D eigenvalue weighted by Crippen LogP contribution is -2.33. The SMILES string of the molecule is CN1C=NC2C=CC(COc3cccc(C4=CCN(Cc5nc6ccc(C(=O)O)cc6n5CC5CCO5)CC4)n3)=CC1=C2. The van der Waals surface area contributed by atoms with E-state index in [2.05, 4.69) is 44.8 Å². The number of carboxylic acid groups (broad SMARTS) is 1. The summed E-state index contributed by atoms with van der Waals surface area (Å²) in [7, 11) is 1.99. The van der Waals surface area contributed by atoms with Crippen molar-refractivity contribution < 1.29 is 19.4 Å². The molecule has 2 atom stereocenters. The minimum absolute atomic E-state index is 0.0693. The van der Waals surface area contributed by atoms with Gasteiger partial charge in [-0.15, -0.1) is 0 Å². The summed E-state index contributed by atoms with van der Waals surface area (Å²) in [5, 5.41) is 9.52. The van der Waals surface area contributed by atoms with E-state index in [-0.39, 0.29) is 17.7 Å².